The summed E-state index contributed by atoms with van der Waals surface area (Å²) in [5, 5.41) is 13.0. The van der Waals surface area contributed by atoms with E-state index in [4.69, 9.17) is 15.8 Å². The van der Waals surface area contributed by atoms with Gasteiger partial charge >= 0.3 is 0 Å². The molecule has 0 atom stereocenters. The number of benzene rings is 1. The fourth-order valence-corrected chi connectivity index (χ4v) is 2.83. The van der Waals surface area contributed by atoms with E-state index in [1.165, 1.54) is 12.4 Å². The number of fused-ring (bicyclic) bond motifs is 1. The quantitative estimate of drug-likeness (QED) is 0.624. The number of carbonyl (C=O) groups excluding carboxylic acids is 1. The number of amides is 1. The number of hydrogen-bond donors (Lipinski definition) is 3. The maximum absolute atomic E-state index is 12.3. The second-order valence-electron chi connectivity index (χ2n) is 6.04. The van der Waals surface area contributed by atoms with Gasteiger partial charge in [0, 0.05) is 36.6 Å². The highest BCUT2D eigenvalue weighted by molar-refractivity contribution is 5.96. The molecule has 7 heteroatoms. The van der Waals surface area contributed by atoms with Gasteiger partial charge in [-0.25, -0.2) is 9.97 Å². The third-order valence-electron chi connectivity index (χ3n) is 4.17. The number of aromatic nitrogens is 3. The molecule has 0 radical (unpaired) electrons. The first-order chi connectivity index (χ1) is 12.6. The van der Waals surface area contributed by atoms with Gasteiger partial charge in [-0.2, -0.15) is 0 Å². The molecule has 2 aromatic heterocycles. The lowest BCUT2D eigenvalue weighted by Crippen LogP contribution is -2.26. The zero-order valence-electron chi connectivity index (χ0n) is 14.6. The van der Waals surface area contributed by atoms with Crippen LogP contribution in [0.2, 0.25) is 0 Å². The third-order valence-corrected chi connectivity index (χ3v) is 4.17. The molecule has 0 aliphatic carbocycles. The number of aryl methyl sites for hydroxylation is 2. The van der Waals surface area contributed by atoms with Gasteiger partial charge in [-0.15, -0.1) is 0 Å². The van der Waals surface area contributed by atoms with Crippen LogP contribution >= 0.6 is 0 Å². The Bertz CT molecular complexity index is 942. The Balaban J connectivity index is 1.88. The molecule has 0 aliphatic rings. The van der Waals surface area contributed by atoms with Crippen LogP contribution in [-0.4, -0.2) is 32.6 Å². The van der Waals surface area contributed by atoms with Crippen molar-refractivity contribution in [1.82, 2.24) is 20.3 Å². The summed E-state index contributed by atoms with van der Waals surface area (Å²) < 4.78 is 0. The minimum Gasteiger partial charge on any atom is -0.396 e. The minimum atomic E-state index is -0.381. The van der Waals surface area contributed by atoms with Gasteiger partial charge in [-0.3, -0.25) is 9.78 Å². The van der Waals surface area contributed by atoms with E-state index in [0.717, 1.165) is 27.7 Å². The van der Waals surface area contributed by atoms with Crippen molar-refractivity contribution in [2.24, 2.45) is 0 Å². The molecule has 0 saturated carbocycles. The van der Waals surface area contributed by atoms with Crippen LogP contribution in [-0.2, 0) is 13.0 Å². The molecule has 0 unspecified atom stereocenters. The molecule has 4 N–H and O–H groups in total. The molecule has 134 valence electrons. The number of carbonyl (C=O) groups is 1. The minimum absolute atomic E-state index is 0.0927. The summed E-state index contributed by atoms with van der Waals surface area (Å²) >= 11 is 0. The van der Waals surface area contributed by atoms with Crippen molar-refractivity contribution in [3.05, 3.63) is 59.2 Å². The molecule has 0 aliphatic heterocycles. The predicted octanol–water partition coefficient (Wildman–Crippen LogP) is 1.77. The zero-order valence-corrected chi connectivity index (χ0v) is 14.6. The van der Waals surface area contributed by atoms with Crippen molar-refractivity contribution < 1.29 is 9.90 Å². The van der Waals surface area contributed by atoms with Crippen molar-refractivity contribution in [3.63, 3.8) is 0 Å². The van der Waals surface area contributed by atoms with E-state index in [1.54, 1.807) is 0 Å². The molecule has 26 heavy (non-hydrogen) atoms. The highest BCUT2D eigenvalue weighted by Crippen LogP contribution is 2.21. The van der Waals surface area contributed by atoms with Crippen LogP contribution in [0.3, 0.4) is 0 Å². The zero-order chi connectivity index (χ0) is 18.5. The van der Waals surface area contributed by atoms with Gasteiger partial charge in [0.15, 0.2) is 11.5 Å². The van der Waals surface area contributed by atoms with Crippen molar-refractivity contribution >= 4 is 22.6 Å². The van der Waals surface area contributed by atoms with Crippen LogP contribution < -0.4 is 11.1 Å². The SMILES string of the molecule is Cc1cccc2cc(CNC(=O)c3nccnc3N)c(CCCO)nc12. The Labute approximate surface area is 151 Å². The van der Waals surface area contributed by atoms with Gasteiger partial charge in [0.1, 0.15) is 0 Å². The molecule has 3 rings (SSSR count). The molecule has 0 spiro atoms. The molecular formula is C19H21N5O2. The van der Waals surface area contributed by atoms with Gasteiger partial charge in [0.2, 0.25) is 0 Å². The molecule has 0 bridgehead atoms. The molecular weight excluding hydrogens is 330 g/mol. The van der Waals surface area contributed by atoms with Gasteiger partial charge in [0.05, 0.1) is 5.52 Å². The Morgan fingerprint density at radius 2 is 2.08 bits per heavy atom. The molecule has 3 aromatic rings. The Hall–Kier alpha value is -3.06. The summed E-state index contributed by atoms with van der Waals surface area (Å²) in [6.45, 7) is 2.41. The summed E-state index contributed by atoms with van der Waals surface area (Å²) in [7, 11) is 0. The summed E-state index contributed by atoms with van der Waals surface area (Å²) in [6, 6.07) is 8.03. The van der Waals surface area contributed by atoms with E-state index in [9.17, 15) is 4.79 Å². The van der Waals surface area contributed by atoms with Gasteiger partial charge < -0.3 is 16.2 Å². The molecule has 1 aromatic carbocycles. The Morgan fingerprint density at radius 1 is 1.27 bits per heavy atom. The number of hydrogen-bond acceptors (Lipinski definition) is 6. The summed E-state index contributed by atoms with van der Waals surface area (Å²) in [5.41, 5.74) is 9.62. The molecule has 1 amide bonds. The number of para-hydroxylation sites is 1. The third kappa shape index (κ3) is 3.78. The lowest BCUT2D eigenvalue weighted by atomic mass is 10.0. The van der Waals surface area contributed by atoms with Crippen LogP contribution in [0.15, 0.2) is 36.7 Å². The predicted molar refractivity (Wildman–Crippen MR) is 99.5 cm³/mol. The van der Waals surface area contributed by atoms with Crippen molar-refractivity contribution in [1.29, 1.82) is 0 Å². The van der Waals surface area contributed by atoms with E-state index < -0.39 is 0 Å². The smallest absolute Gasteiger partial charge is 0.273 e. The highest BCUT2D eigenvalue weighted by atomic mass is 16.2. The second-order valence-corrected chi connectivity index (χ2v) is 6.04. The maximum Gasteiger partial charge on any atom is 0.273 e. The lowest BCUT2D eigenvalue weighted by Gasteiger charge is -2.13. The van der Waals surface area contributed by atoms with E-state index in [2.05, 4.69) is 15.3 Å². The van der Waals surface area contributed by atoms with Crippen molar-refractivity contribution in [3.8, 4) is 0 Å². The van der Waals surface area contributed by atoms with Crippen LogP contribution in [0.5, 0.6) is 0 Å². The number of nitrogen functional groups attached to an aromatic ring is 1. The average molecular weight is 351 g/mol. The van der Waals surface area contributed by atoms with Crippen LogP contribution in [0, 0.1) is 6.92 Å². The summed E-state index contributed by atoms with van der Waals surface area (Å²) in [4.78, 5) is 24.9. The first kappa shape index (κ1) is 17.8. The topological polar surface area (TPSA) is 114 Å². The largest absolute Gasteiger partial charge is 0.396 e. The lowest BCUT2D eigenvalue weighted by molar-refractivity contribution is 0.0946. The number of nitrogens with one attached hydrogen (secondary N) is 1. The fourth-order valence-electron chi connectivity index (χ4n) is 2.83. The first-order valence-corrected chi connectivity index (χ1v) is 8.44. The fraction of sp³-hybridized carbons (Fsp3) is 0.263. The second kappa shape index (κ2) is 7.88. The van der Waals surface area contributed by atoms with E-state index in [-0.39, 0.29) is 24.0 Å². The maximum atomic E-state index is 12.3. The van der Waals surface area contributed by atoms with E-state index >= 15 is 0 Å². The van der Waals surface area contributed by atoms with Crippen LogP contribution in [0.1, 0.15) is 33.7 Å². The first-order valence-electron chi connectivity index (χ1n) is 8.44. The number of anilines is 1. The average Bonchev–Trinajstić information content (AvgIpc) is 2.65. The van der Waals surface area contributed by atoms with Crippen LogP contribution in [0.25, 0.3) is 10.9 Å². The normalized spacial score (nSPS) is 10.8. The van der Waals surface area contributed by atoms with E-state index in [0.29, 0.717) is 19.4 Å². The number of pyridine rings is 1. The standard InChI is InChI=1S/C19H21N5O2/c1-12-4-2-5-13-10-14(15(6-3-9-25)24-16(12)13)11-23-19(26)17-18(20)22-8-7-21-17/h2,4-5,7-8,10,25H,3,6,9,11H2,1H3,(H2,20,22)(H,23,26). The van der Waals surface area contributed by atoms with E-state index in [1.807, 2.05) is 31.2 Å². The Kier molecular flexibility index (Phi) is 5.38. The van der Waals surface area contributed by atoms with Crippen molar-refractivity contribution in [2.75, 3.05) is 12.3 Å². The highest BCUT2D eigenvalue weighted by Gasteiger charge is 2.14. The molecule has 2 heterocycles. The number of rotatable bonds is 6. The molecule has 0 fully saturated rings. The molecule has 7 nitrogen and oxygen atoms in total. The summed E-state index contributed by atoms with van der Waals surface area (Å²) in [6.07, 6.45) is 4.12. The monoisotopic (exact) mass is 351 g/mol. The van der Waals surface area contributed by atoms with Gasteiger partial charge in [-0.05, 0) is 37.0 Å². The van der Waals surface area contributed by atoms with Gasteiger partial charge in [-0.1, -0.05) is 18.2 Å². The van der Waals surface area contributed by atoms with Gasteiger partial charge in [0.25, 0.3) is 5.91 Å². The number of aliphatic hydroxyl groups is 1. The summed E-state index contributed by atoms with van der Waals surface area (Å²) in [5.74, 6) is -0.286. The number of nitrogens with zero attached hydrogens (tertiary/aromatic N) is 3. The van der Waals surface area contributed by atoms with Crippen LogP contribution in [0.4, 0.5) is 5.82 Å². The number of nitrogens with two attached hydrogens (primary N) is 1. The Morgan fingerprint density at radius 3 is 2.85 bits per heavy atom. The van der Waals surface area contributed by atoms with Crippen molar-refractivity contribution in [2.45, 2.75) is 26.3 Å². The molecule has 0 saturated heterocycles. The number of aliphatic hydroxyl groups excluding tert-OH is 1.